The highest BCUT2D eigenvalue weighted by molar-refractivity contribution is 7.99. The number of ether oxygens (including phenoxy) is 2. The number of amides is 2. The van der Waals surface area contributed by atoms with Gasteiger partial charge >= 0.3 is 0 Å². The Labute approximate surface area is 307 Å². The van der Waals surface area contributed by atoms with E-state index in [0.717, 1.165) is 45.0 Å². The molecule has 1 aromatic heterocycles. The van der Waals surface area contributed by atoms with Crippen molar-refractivity contribution in [3.63, 3.8) is 0 Å². The monoisotopic (exact) mass is 720 g/mol. The summed E-state index contributed by atoms with van der Waals surface area (Å²) in [5.41, 5.74) is 12.9. The Hall–Kier alpha value is -5.01. The fourth-order valence-electron chi connectivity index (χ4n) is 6.09. The molecule has 2 heterocycles. The van der Waals surface area contributed by atoms with Gasteiger partial charge in [-0.3, -0.25) is 14.7 Å². The first-order chi connectivity index (χ1) is 25.4. The fourth-order valence-corrected chi connectivity index (χ4v) is 6.89. The van der Waals surface area contributed by atoms with Crippen molar-refractivity contribution in [1.29, 1.82) is 0 Å². The molecule has 5 aromatic rings. The maximum atomic E-state index is 12.7. The van der Waals surface area contributed by atoms with Crippen molar-refractivity contribution in [2.45, 2.75) is 75.3 Å². The molecule has 2 amide bonds. The number of para-hydroxylation sites is 2. The van der Waals surface area contributed by atoms with E-state index in [1.54, 1.807) is 23.9 Å². The Bertz CT molecular complexity index is 1890. The van der Waals surface area contributed by atoms with E-state index in [9.17, 15) is 14.7 Å². The number of hydrogen-bond donors (Lipinski definition) is 5. The second-order valence-corrected chi connectivity index (χ2v) is 13.7. The SMILES string of the molecule is Nc1ccccc1NC(=O)CCCCCC(=O)NCc1ccccc1-c1ccc([C@@H]2O[C@H](CSc3ncn[nH]3)C[C@H](c3ccc(CO)cc3)O2)cc1. The molecular formula is C40H44N6O5S. The van der Waals surface area contributed by atoms with Crippen LogP contribution in [-0.2, 0) is 32.2 Å². The smallest absolute Gasteiger partial charge is 0.224 e. The zero-order chi connectivity index (χ0) is 36.1. The molecule has 1 fully saturated rings. The average Bonchev–Trinajstić information content (AvgIpc) is 3.71. The van der Waals surface area contributed by atoms with Crippen molar-refractivity contribution in [3.8, 4) is 11.1 Å². The van der Waals surface area contributed by atoms with Gasteiger partial charge in [0.1, 0.15) is 6.33 Å². The lowest BCUT2D eigenvalue weighted by Crippen LogP contribution is -2.31. The van der Waals surface area contributed by atoms with Crippen LogP contribution in [0.25, 0.3) is 11.1 Å². The van der Waals surface area contributed by atoms with E-state index in [-0.39, 0.29) is 30.6 Å². The zero-order valence-electron chi connectivity index (χ0n) is 28.9. The molecule has 1 aliphatic heterocycles. The Kier molecular flexibility index (Phi) is 13.1. The molecular weight excluding hydrogens is 677 g/mol. The van der Waals surface area contributed by atoms with E-state index in [1.807, 2.05) is 66.7 Å². The summed E-state index contributed by atoms with van der Waals surface area (Å²) in [5, 5.41) is 23.0. The van der Waals surface area contributed by atoms with Crippen LogP contribution < -0.4 is 16.4 Å². The Balaban J connectivity index is 1.02. The number of carbonyl (C=O) groups is 2. The van der Waals surface area contributed by atoms with Crippen molar-refractivity contribution in [3.05, 3.63) is 126 Å². The van der Waals surface area contributed by atoms with Gasteiger partial charge in [-0.05, 0) is 52.8 Å². The molecule has 0 bridgehead atoms. The lowest BCUT2D eigenvalue weighted by atomic mass is 9.97. The second kappa shape index (κ2) is 18.5. The number of aliphatic hydroxyl groups is 1. The van der Waals surface area contributed by atoms with Gasteiger partial charge in [0.15, 0.2) is 11.4 Å². The summed E-state index contributed by atoms with van der Waals surface area (Å²) < 4.78 is 13.0. The van der Waals surface area contributed by atoms with Crippen LogP contribution in [0.1, 0.15) is 73.2 Å². The largest absolute Gasteiger partial charge is 0.397 e. The number of nitrogen functional groups attached to an aromatic ring is 1. The minimum Gasteiger partial charge on any atom is -0.397 e. The topological polar surface area (TPSA) is 164 Å². The molecule has 0 aliphatic carbocycles. The minimum absolute atomic E-state index is 0.00853. The van der Waals surface area contributed by atoms with E-state index in [0.29, 0.717) is 55.8 Å². The number of thioether (sulfide) groups is 1. The van der Waals surface area contributed by atoms with Crippen molar-refractivity contribution in [2.75, 3.05) is 16.8 Å². The highest BCUT2D eigenvalue weighted by Gasteiger charge is 2.32. The Morgan fingerprint density at radius 3 is 2.35 bits per heavy atom. The molecule has 0 spiro atoms. The van der Waals surface area contributed by atoms with E-state index < -0.39 is 6.29 Å². The molecule has 270 valence electrons. The normalized spacial score (nSPS) is 17.1. The number of anilines is 2. The number of aromatic amines is 1. The van der Waals surface area contributed by atoms with Crippen LogP contribution >= 0.6 is 11.8 Å². The molecule has 0 unspecified atom stereocenters. The summed E-state index contributed by atoms with van der Waals surface area (Å²) in [6.45, 7) is 0.402. The van der Waals surface area contributed by atoms with Crippen LogP contribution in [0.2, 0.25) is 0 Å². The molecule has 6 rings (SSSR count). The van der Waals surface area contributed by atoms with Gasteiger partial charge in [0.25, 0.3) is 0 Å². The second-order valence-electron chi connectivity index (χ2n) is 12.7. The summed E-state index contributed by atoms with van der Waals surface area (Å²) in [5.74, 6) is 0.580. The predicted octanol–water partition coefficient (Wildman–Crippen LogP) is 7.09. The molecule has 4 aromatic carbocycles. The number of nitrogens with two attached hydrogens (primary N) is 1. The summed E-state index contributed by atoms with van der Waals surface area (Å²) in [4.78, 5) is 29.2. The van der Waals surface area contributed by atoms with Gasteiger partial charge < -0.3 is 30.9 Å². The van der Waals surface area contributed by atoms with E-state index in [2.05, 4.69) is 44.0 Å². The number of rotatable bonds is 16. The van der Waals surface area contributed by atoms with E-state index in [4.69, 9.17) is 15.2 Å². The first-order valence-corrected chi connectivity index (χ1v) is 18.5. The standard InChI is InChI=1S/C40H44N6O5S/c41-34-10-6-7-11-35(34)45-38(49)13-3-1-2-12-37(48)42-23-31-8-4-5-9-33(31)28-18-20-30(21-19-28)39-50-32(25-52-40-43-26-44-46-40)22-36(51-39)29-16-14-27(24-47)15-17-29/h4-11,14-21,26,32,36,39,47H,1-3,12-13,22-25,41H2,(H,42,48)(H,45,49)(H,43,44,46)/t32-,36+,39+/m0/s1. The van der Waals surface area contributed by atoms with Crippen LogP contribution in [-0.4, -0.2) is 44.0 Å². The van der Waals surface area contributed by atoms with Crippen molar-refractivity contribution < 1.29 is 24.2 Å². The van der Waals surface area contributed by atoms with Gasteiger partial charge in [-0.25, -0.2) is 4.98 Å². The molecule has 1 aliphatic rings. The fraction of sp³-hybridized carbons (Fsp3) is 0.300. The summed E-state index contributed by atoms with van der Waals surface area (Å²) >= 11 is 1.56. The van der Waals surface area contributed by atoms with Gasteiger partial charge in [-0.15, -0.1) is 0 Å². The van der Waals surface area contributed by atoms with Crippen molar-refractivity contribution in [1.82, 2.24) is 20.5 Å². The summed E-state index contributed by atoms with van der Waals surface area (Å²) in [6, 6.07) is 31.3. The quantitative estimate of drug-likeness (QED) is 0.0407. The van der Waals surface area contributed by atoms with E-state index in [1.165, 1.54) is 6.33 Å². The van der Waals surface area contributed by atoms with Crippen LogP contribution in [0.4, 0.5) is 11.4 Å². The minimum atomic E-state index is -0.572. The van der Waals surface area contributed by atoms with Crippen LogP contribution in [0.3, 0.4) is 0 Å². The highest BCUT2D eigenvalue weighted by atomic mass is 32.2. The number of aliphatic hydroxyl groups excluding tert-OH is 1. The van der Waals surface area contributed by atoms with Gasteiger partial charge in [-0.1, -0.05) is 103 Å². The maximum Gasteiger partial charge on any atom is 0.224 e. The molecule has 1 saturated heterocycles. The zero-order valence-corrected chi connectivity index (χ0v) is 29.7. The number of aromatic nitrogens is 3. The van der Waals surface area contributed by atoms with Gasteiger partial charge in [-0.2, -0.15) is 5.10 Å². The number of H-pyrrole nitrogens is 1. The average molecular weight is 721 g/mol. The van der Waals surface area contributed by atoms with Gasteiger partial charge in [0.05, 0.1) is 30.2 Å². The lowest BCUT2D eigenvalue weighted by molar-refractivity contribution is -0.245. The number of carbonyl (C=O) groups excluding carboxylic acids is 2. The number of hydrogen-bond acceptors (Lipinski definition) is 9. The molecule has 0 saturated carbocycles. The highest BCUT2D eigenvalue weighted by Crippen LogP contribution is 2.39. The third kappa shape index (κ3) is 10.3. The first kappa shape index (κ1) is 36.8. The summed E-state index contributed by atoms with van der Waals surface area (Å²) in [7, 11) is 0. The number of nitrogens with zero attached hydrogens (tertiary/aromatic N) is 2. The molecule has 6 N–H and O–H groups in total. The van der Waals surface area contributed by atoms with Crippen LogP contribution in [0, 0.1) is 0 Å². The molecule has 52 heavy (non-hydrogen) atoms. The lowest BCUT2D eigenvalue weighted by Gasteiger charge is -2.36. The van der Waals surface area contributed by atoms with Gasteiger partial charge in [0, 0.05) is 37.1 Å². The maximum absolute atomic E-state index is 12.7. The Morgan fingerprint density at radius 1 is 0.865 bits per heavy atom. The number of unbranched alkanes of at least 4 members (excludes halogenated alkanes) is 2. The number of benzene rings is 4. The predicted molar refractivity (Wildman–Crippen MR) is 202 cm³/mol. The Morgan fingerprint density at radius 2 is 1.60 bits per heavy atom. The van der Waals surface area contributed by atoms with Crippen molar-refractivity contribution >= 4 is 35.0 Å². The van der Waals surface area contributed by atoms with Crippen LogP contribution in [0.5, 0.6) is 0 Å². The van der Waals surface area contributed by atoms with E-state index >= 15 is 0 Å². The third-order valence-electron chi connectivity index (χ3n) is 8.94. The molecule has 11 nitrogen and oxygen atoms in total. The molecule has 3 atom stereocenters. The first-order valence-electron chi connectivity index (χ1n) is 17.5. The third-order valence-corrected chi connectivity index (χ3v) is 9.95. The van der Waals surface area contributed by atoms with Crippen molar-refractivity contribution in [2.24, 2.45) is 0 Å². The van der Waals surface area contributed by atoms with Gasteiger partial charge in [0.2, 0.25) is 11.8 Å². The summed E-state index contributed by atoms with van der Waals surface area (Å²) in [6.07, 6.45) is 4.27. The molecule has 0 radical (unpaired) electrons. The van der Waals surface area contributed by atoms with Crippen LogP contribution in [0.15, 0.2) is 109 Å². The number of nitrogens with one attached hydrogen (secondary N) is 3. The molecule has 12 heteroatoms.